The van der Waals surface area contributed by atoms with Gasteiger partial charge in [-0.2, -0.15) is 0 Å². The molecule has 0 saturated carbocycles. The minimum atomic E-state index is -1.17. The van der Waals surface area contributed by atoms with Crippen LogP contribution in [0.1, 0.15) is 12.0 Å². The molecule has 2 atom stereocenters. The first kappa shape index (κ1) is 17.4. The van der Waals surface area contributed by atoms with E-state index >= 15 is 0 Å². The van der Waals surface area contributed by atoms with E-state index in [4.69, 9.17) is 11.5 Å². The molecule has 120 valence electrons. The molecule has 0 aliphatic heterocycles. The van der Waals surface area contributed by atoms with Gasteiger partial charge in [0, 0.05) is 17.9 Å². The normalized spacial score (nSPS) is 13.1. The third-order valence-corrected chi connectivity index (χ3v) is 2.98. The quantitative estimate of drug-likeness (QED) is 0.208. The van der Waals surface area contributed by atoms with E-state index in [2.05, 4.69) is 10.3 Å². The Morgan fingerprint density at radius 1 is 1.36 bits per heavy atom. The van der Waals surface area contributed by atoms with Crippen LogP contribution in [0.15, 0.2) is 35.3 Å². The van der Waals surface area contributed by atoms with Crippen molar-refractivity contribution in [1.82, 2.24) is 5.32 Å². The summed E-state index contributed by atoms with van der Waals surface area (Å²) in [6.07, 6.45) is -0.216. The molecule has 1 rings (SSSR count). The van der Waals surface area contributed by atoms with Gasteiger partial charge in [-0.15, -0.1) is 0 Å². The van der Waals surface area contributed by atoms with Crippen molar-refractivity contribution < 1.29 is 14.8 Å². The summed E-state index contributed by atoms with van der Waals surface area (Å²) >= 11 is 0. The summed E-state index contributed by atoms with van der Waals surface area (Å²) in [6.45, 7) is 0.0384. The number of hydrogen-bond acceptors (Lipinski definition) is 5. The molecule has 2 unspecified atom stereocenters. The van der Waals surface area contributed by atoms with Crippen molar-refractivity contribution in [3.05, 3.63) is 46.0 Å². The summed E-state index contributed by atoms with van der Waals surface area (Å²) in [7, 11) is 0. The molecule has 0 amide bonds. The Morgan fingerprint density at radius 3 is 2.50 bits per heavy atom. The second-order valence-corrected chi connectivity index (χ2v) is 4.70. The molecule has 6 N–H and O–H groups in total. The number of nitrogens with zero attached hydrogens (tertiary/aromatic N) is 2. The molecule has 9 nitrogen and oxygen atoms in total. The molecule has 0 heterocycles. The number of aliphatic imine (C=N–C) groups is 1. The smallest absolute Gasteiger partial charge is 0.320 e. The zero-order valence-corrected chi connectivity index (χ0v) is 11.9. The van der Waals surface area contributed by atoms with Crippen molar-refractivity contribution in [3.63, 3.8) is 0 Å². The maximum Gasteiger partial charge on any atom is 0.320 e. The zero-order valence-electron chi connectivity index (χ0n) is 11.9. The highest BCUT2D eigenvalue weighted by atomic mass is 16.6. The lowest BCUT2D eigenvalue weighted by Crippen LogP contribution is -2.42. The molecule has 0 fully saturated rings. The second-order valence-electron chi connectivity index (χ2n) is 4.70. The lowest BCUT2D eigenvalue weighted by atomic mass is 10.1. The monoisotopic (exact) mass is 309 g/mol. The molecule has 0 radical (unpaired) electrons. The van der Waals surface area contributed by atoms with Crippen molar-refractivity contribution in [3.8, 4) is 0 Å². The van der Waals surface area contributed by atoms with Gasteiger partial charge in [0.2, 0.25) is 6.04 Å². The van der Waals surface area contributed by atoms with Gasteiger partial charge in [-0.25, -0.2) is 4.99 Å². The van der Waals surface area contributed by atoms with Crippen molar-refractivity contribution in [1.29, 1.82) is 0 Å². The van der Waals surface area contributed by atoms with Crippen LogP contribution in [0.4, 0.5) is 0 Å². The van der Waals surface area contributed by atoms with Gasteiger partial charge < -0.3 is 21.9 Å². The van der Waals surface area contributed by atoms with Crippen LogP contribution in [0.5, 0.6) is 0 Å². The van der Waals surface area contributed by atoms with Gasteiger partial charge in [0.15, 0.2) is 5.96 Å². The molecule has 1 aromatic carbocycles. The van der Waals surface area contributed by atoms with Crippen LogP contribution in [0.3, 0.4) is 0 Å². The minimum Gasteiger partial charge on any atom is -0.480 e. The fourth-order valence-corrected chi connectivity index (χ4v) is 1.82. The number of aliphatic carboxylic acids is 1. The third kappa shape index (κ3) is 6.18. The Morgan fingerprint density at radius 2 is 2.00 bits per heavy atom. The van der Waals surface area contributed by atoms with Crippen LogP contribution in [-0.4, -0.2) is 40.6 Å². The summed E-state index contributed by atoms with van der Waals surface area (Å²) < 4.78 is 0. The predicted octanol–water partition coefficient (Wildman–Crippen LogP) is -0.462. The topological polar surface area (TPSA) is 157 Å². The Balaban J connectivity index is 2.66. The average molecular weight is 309 g/mol. The molecule has 0 aromatic heterocycles. The van der Waals surface area contributed by atoms with E-state index in [0.29, 0.717) is 6.54 Å². The Labute approximate surface area is 127 Å². The molecular formula is C13H19N5O4. The zero-order chi connectivity index (χ0) is 16.5. The molecule has 0 aliphatic rings. The number of benzene rings is 1. The number of carboxylic acid groups (broad SMARTS) is 1. The molecule has 0 saturated heterocycles. The first-order valence-electron chi connectivity index (χ1n) is 6.59. The van der Waals surface area contributed by atoms with Crippen molar-refractivity contribution in [2.45, 2.75) is 25.0 Å². The van der Waals surface area contributed by atoms with E-state index in [-0.39, 0.29) is 18.9 Å². The first-order chi connectivity index (χ1) is 10.4. The lowest BCUT2D eigenvalue weighted by molar-refractivity contribution is -0.520. The third-order valence-electron chi connectivity index (χ3n) is 2.98. The van der Waals surface area contributed by atoms with E-state index in [9.17, 15) is 20.0 Å². The van der Waals surface area contributed by atoms with Gasteiger partial charge in [0.05, 0.1) is 0 Å². The summed E-state index contributed by atoms with van der Waals surface area (Å²) in [5, 5.41) is 23.0. The fourth-order valence-electron chi connectivity index (χ4n) is 1.82. The van der Waals surface area contributed by atoms with Crippen LogP contribution in [0, 0.1) is 10.1 Å². The largest absolute Gasteiger partial charge is 0.480 e. The first-order valence-corrected chi connectivity index (χ1v) is 6.59. The minimum absolute atomic E-state index is 0.216. The molecule has 0 bridgehead atoms. The number of carbonyl (C=O) groups is 1. The van der Waals surface area contributed by atoms with E-state index in [1.54, 1.807) is 0 Å². The van der Waals surface area contributed by atoms with Crippen LogP contribution >= 0.6 is 0 Å². The highest BCUT2D eigenvalue weighted by Crippen LogP contribution is 2.06. The number of hydrogen-bond donors (Lipinski definition) is 4. The number of rotatable bonds is 9. The Hall–Kier alpha value is -2.68. The summed E-state index contributed by atoms with van der Waals surface area (Å²) in [5.41, 5.74) is 11.2. The van der Waals surface area contributed by atoms with Gasteiger partial charge >= 0.3 is 5.97 Å². The molecule has 0 spiro atoms. The number of nitrogens with two attached hydrogens (primary N) is 2. The molecular weight excluding hydrogens is 290 g/mol. The molecule has 9 heteroatoms. The Bertz CT molecular complexity index is 530. The van der Waals surface area contributed by atoms with E-state index in [1.165, 1.54) is 0 Å². The van der Waals surface area contributed by atoms with Gasteiger partial charge in [0.1, 0.15) is 12.6 Å². The number of guanidine groups is 1. The number of nitrogens with one attached hydrogen (secondary N) is 1. The molecule has 22 heavy (non-hydrogen) atoms. The highest BCUT2D eigenvalue weighted by molar-refractivity contribution is 5.75. The van der Waals surface area contributed by atoms with Crippen LogP contribution in [0.25, 0.3) is 0 Å². The predicted molar refractivity (Wildman–Crippen MR) is 80.8 cm³/mol. The van der Waals surface area contributed by atoms with Crippen LogP contribution in [0.2, 0.25) is 0 Å². The second kappa shape index (κ2) is 8.57. The maximum absolute atomic E-state index is 11.2. The maximum atomic E-state index is 11.2. The van der Waals surface area contributed by atoms with Gasteiger partial charge in [0.25, 0.3) is 0 Å². The van der Waals surface area contributed by atoms with Gasteiger partial charge in [-0.1, -0.05) is 30.3 Å². The summed E-state index contributed by atoms with van der Waals surface area (Å²) in [4.78, 5) is 25.2. The SMILES string of the molecule is NC(N)=NCC(CC(NCc1ccccc1)C(=O)O)[N+](=O)[O-]. The molecule has 0 aliphatic carbocycles. The fraction of sp³-hybridized carbons (Fsp3) is 0.385. The van der Waals surface area contributed by atoms with E-state index in [0.717, 1.165) is 5.56 Å². The molecule has 1 aromatic rings. The van der Waals surface area contributed by atoms with Crippen molar-refractivity contribution in [2.75, 3.05) is 6.54 Å². The summed E-state index contributed by atoms with van der Waals surface area (Å²) in [6, 6.07) is 6.91. The lowest BCUT2D eigenvalue weighted by Gasteiger charge is -2.16. The van der Waals surface area contributed by atoms with Gasteiger partial charge in [-0.05, 0) is 5.56 Å². The standard InChI is InChI=1S/C13H19N5O4/c14-13(15)17-8-10(18(21)22)6-11(12(19)20)16-7-9-4-2-1-3-5-9/h1-5,10-11,16H,6-8H2,(H,19,20)(H4,14,15,17). The van der Waals surface area contributed by atoms with E-state index < -0.39 is 23.0 Å². The highest BCUT2D eigenvalue weighted by Gasteiger charge is 2.29. The van der Waals surface area contributed by atoms with E-state index in [1.807, 2.05) is 30.3 Å². The number of carboxylic acids is 1. The van der Waals surface area contributed by atoms with Crippen molar-refractivity contribution in [2.24, 2.45) is 16.5 Å². The van der Waals surface area contributed by atoms with Gasteiger partial charge in [-0.3, -0.25) is 14.9 Å². The van der Waals surface area contributed by atoms with Crippen LogP contribution in [-0.2, 0) is 11.3 Å². The number of nitro groups is 1. The van der Waals surface area contributed by atoms with Crippen molar-refractivity contribution >= 4 is 11.9 Å². The van der Waals surface area contributed by atoms with Crippen LogP contribution < -0.4 is 16.8 Å². The average Bonchev–Trinajstić information content (AvgIpc) is 2.46. The summed E-state index contributed by atoms with van der Waals surface area (Å²) in [5.74, 6) is -1.43. The Kier molecular flexibility index (Phi) is 6.77.